The van der Waals surface area contributed by atoms with Gasteiger partial charge in [-0.2, -0.15) is 0 Å². The predicted molar refractivity (Wildman–Crippen MR) is 117 cm³/mol. The molecule has 0 saturated heterocycles. The lowest BCUT2D eigenvalue weighted by Gasteiger charge is -2.06. The summed E-state index contributed by atoms with van der Waals surface area (Å²) in [6.45, 7) is 5.01. The average molecular weight is 397 g/mol. The van der Waals surface area contributed by atoms with Gasteiger partial charge < -0.3 is 10.5 Å². The number of hydrogen-bond acceptors (Lipinski definition) is 6. The molecule has 2 N–H and O–H groups in total. The lowest BCUT2D eigenvalue weighted by atomic mass is 10.1. The van der Waals surface area contributed by atoms with Gasteiger partial charge in [0.25, 0.3) is 0 Å². The molecular formula is C22H28N4OS. The topological polar surface area (TPSA) is 73.9 Å². The number of aryl methyl sites for hydroxylation is 1. The highest BCUT2D eigenvalue weighted by Crippen LogP contribution is 2.34. The highest BCUT2D eigenvalue weighted by Gasteiger charge is 2.13. The molecule has 6 heteroatoms. The van der Waals surface area contributed by atoms with Gasteiger partial charge in [0.1, 0.15) is 10.8 Å². The summed E-state index contributed by atoms with van der Waals surface area (Å²) in [5.74, 6) is 1.19. The lowest BCUT2D eigenvalue weighted by molar-refractivity contribution is 0.304. The lowest BCUT2D eigenvalue weighted by Crippen LogP contribution is -1.97. The third-order valence-electron chi connectivity index (χ3n) is 4.57. The smallest absolute Gasteiger partial charge is 0.220 e. The molecule has 0 aliphatic heterocycles. The SMILES string of the molecule is CCCCCCCCOc1ccc(-c2nc(C)c(-c3ccnc(N)n3)s2)cc1. The number of nitrogens with two attached hydrogens (primary N) is 1. The molecule has 3 rings (SSSR count). The van der Waals surface area contributed by atoms with Gasteiger partial charge in [-0.25, -0.2) is 15.0 Å². The zero-order valence-corrected chi connectivity index (χ0v) is 17.5. The maximum atomic E-state index is 5.87. The summed E-state index contributed by atoms with van der Waals surface area (Å²) in [5.41, 5.74) is 8.54. The molecule has 0 saturated carbocycles. The molecule has 0 fully saturated rings. The summed E-state index contributed by atoms with van der Waals surface area (Å²) >= 11 is 1.61. The van der Waals surface area contributed by atoms with E-state index in [4.69, 9.17) is 15.5 Å². The van der Waals surface area contributed by atoms with Crippen LogP contribution in [0.4, 0.5) is 5.95 Å². The maximum absolute atomic E-state index is 5.87. The molecule has 0 bridgehead atoms. The fourth-order valence-electron chi connectivity index (χ4n) is 3.02. The number of anilines is 1. The highest BCUT2D eigenvalue weighted by atomic mass is 32.1. The van der Waals surface area contributed by atoms with E-state index in [1.807, 2.05) is 25.1 Å². The van der Waals surface area contributed by atoms with Crippen LogP contribution in [-0.4, -0.2) is 21.6 Å². The summed E-state index contributed by atoms with van der Waals surface area (Å²) in [5, 5.41) is 0.965. The molecular weight excluding hydrogens is 368 g/mol. The highest BCUT2D eigenvalue weighted by molar-refractivity contribution is 7.18. The van der Waals surface area contributed by atoms with Gasteiger partial charge in [-0.3, -0.25) is 0 Å². The summed E-state index contributed by atoms with van der Waals surface area (Å²) in [7, 11) is 0. The number of unbranched alkanes of at least 4 members (excludes halogenated alkanes) is 5. The third-order valence-corrected chi connectivity index (χ3v) is 5.80. The molecule has 0 radical (unpaired) electrons. The van der Waals surface area contributed by atoms with Crippen molar-refractivity contribution >= 4 is 17.3 Å². The molecule has 1 aromatic carbocycles. The second kappa shape index (κ2) is 10.2. The molecule has 0 amide bonds. The van der Waals surface area contributed by atoms with E-state index < -0.39 is 0 Å². The minimum atomic E-state index is 0.277. The van der Waals surface area contributed by atoms with Crippen LogP contribution in [0, 0.1) is 6.92 Å². The van der Waals surface area contributed by atoms with Gasteiger partial charge in [0.05, 0.1) is 22.9 Å². The first-order valence-corrected chi connectivity index (χ1v) is 10.8. The minimum absolute atomic E-state index is 0.277. The van der Waals surface area contributed by atoms with E-state index in [1.165, 1.54) is 32.1 Å². The van der Waals surface area contributed by atoms with E-state index >= 15 is 0 Å². The van der Waals surface area contributed by atoms with Crippen LogP contribution >= 0.6 is 11.3 Å². The van der Waals surface area contributed by atoms with E-state index in [-0.39, 0.29) is 5.95 Å². The van der Waals surface area contributed by atoms with Crippen molar-refractivity contribution in [2.45, 2.75) is 52.4 Å². The number of nitrogen functional groups attached to an aromatic ring is 1. The number of hydrogen-bond donors (Lipinski definition) is 1. The molecule has 5 nitrogen and oxygen atoms in total. The zero-order chi connectivity index (χ0) is 19.8. The Morgan fingerprint density at radius 3 is 2.46 bits per heavy atom. The van der Waals surface area contributed by atoms with Crippen LogP contribution in [0.1, 0.15) is 51.1 Å². The van der Waals surface area contributed by atoms with E-state index in [0.29, 0.717) is 0 Å². The normalized spacial score (nSPS) is 10.9. The Labute approximate surface area is 171 Å². The Morgan fingerprint density at radius 2 is 1.71 bits per heavy atom. The van der Waals surface area contributed by atoms with Crippen molar-refractivity contribution in [1.29, 1.82) is 0 Å². The van der Waals surface area contributed by atoms with E-state index in [9.17, 15) is 0 Å². The molecule has 2 heterocycles. The molecule has 0 atom stereocenters. The standard InChI is InChI=1S/C22H28N4OS/c1-3-4-5-6-7-8-15-27-18-11-9-17(10-12-18)21-25-16(2)20(28-21)19-13-14-24-22(23)26-19/h9-14H,3-8,15H2,1-2H3,(H2,23,24,26). The average Bonchev–Trinajstić information content (AvgIpc) is 3.09. The van der Waals surface area contributed by atoms with Gasteiger partial charge in [0.15, 0.2) is 0 Å². The molecule has 0 aliphatic carbocycles. The Kier molecular flexibility index (Phi) is 7.37. The molecule has 28 heavy (non-hydrogen) atoms. The van der Waals surface area contributed by atoms with Crippen LogP contribution in [0.3, 0.4) is 0 Å². The molecule has 0 unspecified atom stereocenters. The second-order valence-corrected chi connectivity index (χ2v) is 7.87. The summed E-state index contributed by atoms with van der Waals surface area (Å²) in [4.78, 5) is 14.0. The maximum Gasteiger partial charge on any atom is 0.220 e. The Morgan fingerprint density at radius 1 is 0.964 bits per heavy atom. The van der Waals surface area contributed by atoms with Crippen LogP contribution in [-0.2, 0) is 0 Å². The summed E-state index contributed by atoms with van der Waals surface area (Å²) in [6.07, 6.45) is 9.30. The molecule has 0 spiro atoms. The van der Waals surface area contributed by atoms with Crippen LogP contribution in [0.2, 0.25) is 0 Å². The van der Waals surface area contributed by atoms with E-state index in [2.05, 4.69) is 29.0 Å². The van der Waals surface area contributed by atoms with Crippen molar-refractivity contribution in [3.8, 4) is 26.9 Å². The Bertz CT molecular complexity index is 876. The van der Waals surface area contributed by atoms with Crippen LogP contribution in [0.15, 0.2) is 36.5 Å². The van der Waals surface area contributed by atoms with Crippen molar-refractivity contribution in [2.24, 2.45) is 0 Å². The second-order valence-electron chi connectivity index (χ2n) is 6.87. The summed E-state index contributed by atoms with van der Waals surface area (Å²) < 4.78 is 5.87. The first-order valence-electron chi connectivity index (χ1n) is 9.97. The van der Waals surface area contributed by atoms with Crippen LogP contribution in [0.25, 0.3) is 21.1 Å². The predicted octanol–water partition coefficient (Wildman–Crippen LogP) is 5.90. The Balaban J connectivity index is 1.57. The number of benzene rings is 1. The van der Waals surface area contributed by atoms with Gasteiger partial charge in [-0.05, 0) is 43.7 Å². The van der Waals surface area contributed by atoms with E-state index in [1.54, 1.807) is 17.5 Å². The van der Waals surface area contributed by atoms with Gasteiger partial charge in [0.2, 0.25) is 5.95 Å². The van der Waals surface area contributed by atoms with Crippen molar-refractivity contribution in [3.05, 3.63) is 42.2 Å². The number of aromatic nitrogens is 3. The first kappa shape index (κ1) is 20.3. The molecule has 0 aliphatic rings. The molecule has 148 valence electrons. The molecule has 2 aromatic heterocycles. The van der Waals surface area contributed by atoms with Crippen LogP contribution < -0.4 is 10.5 Å². The van der Waals surface area contributed by atoms with Crippen molar-refractivity contribution in [3.63, 3.8) is 0 Å². The zero-order valence-electron chi connectivity index (χ0n) is 16.6. The van der Waals surface area contributed by atoms with Gasteiger partial charge in [-0.1, -0.05) is 39.0 Å². The molecule has 3 aromatic rings. The first-order chi connectivity index (χ1) is 13.7. The fraction of sp³-hybridized carbons (Fsp3) is 0.409. The Hall–Kier alpha value is -2.47. The summed E-state index contributed by atoms with van der Waals surface area (Å²) in [6, 6.07) is 10.0. The third kappa shape index (κ3) is 5.52. The van der Waals surface area contributed by atoms with Gasteiger partial charge in [-0.15, -0.1) is 11.3 Å². The van der Waals surface area contributed by atoms with Gasteiger partial charge >= 0.3 is 0 Å². The van der Waals surface area contributed by atoms with Crippen molar-refractivity contribution in [1.82, 2.24) is 15.0 Å². The van der Waals surface area contributed by atoms with E-state index in [0.717, 1.165) is 45.6 Å². The van der Waals surface area contributed by atoms with Gasteiger partial charge in [0, 0.05) is 11.8 Å². The number of thiazole rings is 1. The minimum Gasteiger partial charge on any atom is -0.494 e. The monoisotopic (exact) mass is 396 g/mol. The van der Waals surface area contributed by atoms with Crippen molar-refractivity contribution in [2.75, 3.05) is 12.3 Å². The number of ether oxygens (including phenoxy) is 1. The number of rotatable bonds is 10. The number of nitrogens with zero attached hydrogens (tertiary/aromatic N) is 3. The quantitative estimate of drug-likeness (QED) is 0.432. The largest absolute Gasteiger partial charge is 0.494 e. The fourth-order valence-corrected chi connectivity index (χ4v) is 4.07. The van der Waals surface area contributed by atoms with Crippen molar-refractivity contribution < 1.29 is 4.74 Å². The van der Waals surface area contributed by atoms with Crippen LogP contribution in [0.5, 0.6) is 5.75 Å².